The third-order valence-electron chi connectivity index (χ3n) is 5.82. The Balaban J connectivity index is 0.000000135. The molecule has 6 rings (SSSR count). The van der Waals surface area contributed by atoms with Gasteiger partial charge in [-0.15, -0.1) is 47.0 Å². The molecule has 0 bridgehead atoms. The Morgan fingerprint density at radius 2 is 1.37 bits per heavy atom. The van der Waals surface area contributed by atoms with Gasteiger partial charge >= 0.3 is 99.2 Å². The Hall–Kier alpha value is -3.22. The van der Waals surface area contributed by atoms with Crippen molar-refractivity contribution in [2.24, 2.45) is 0 Å². The van der Waals surface area contributed by atoms with E-state index in [-0.39, 0.29) is 0 Å². The first-order chi connectivity index (χ1) is 17.2. The molecule has 0 amide bonds. The van der Waals surface area contributed by atoms with Gasteiger partial charge in [-0.2, -0.15) is 6.08 Å². The fourth-order valence-electron chi connectivity index (χ4n) is 3.94. The van der Waals surface area contributed by atoms with Crippen LogP contribution in [0.4, 0.5) is 0 Å². The molecule has 2 heteroatoms. The van der Waals surface area contributed by atoms with Crippen LogP contribution in [0.15, 0.2) is 127 Å². The van der Waals surface area contributed by atoms with Gasteiger partial charge in [0.1, 0.15) is 0 Å². The molecule has 0 heterocycles. The standard InChI is InChI=1S/C14H11O.C13H10.C6H7.Zr/c1-15-12-6-7-14-11(9-12)8-10-4-2-3-5-13(10)14;1-3-7-12(8-4-1)11-13-9-5-2-6-10-13;1-6-4-2-3-5-6;/h2-9H,1H3;1-10H;4-5H,2H2,1H3;/q-1;;-1;+2. The molecule has 0 spiro atoms. The van der Waals surface area contributed by atoms with E-state index in [9.17, 15) is 0 Å². The van der Waals surface area contributed by atoms with Crippen molar-refractivity contribution in [3.05, 3.63) is 144 Å². The first-order valence-electron chi connectivity index (χ1n) is 11.7. The third-order valence-corrected chi connectivity index (χ3v) is 7.24. The number of fused-ring (bicyclic) bond motifs is 3. The summed E-state index contributed by atoms with van der Waals surface area (Å²) in [6.07, 6.45) is 8.24. The minimum absolute atomic E-state index is 0.915. The van der Waals surface area contributed by atoms with Crippen LogP contribution in [0.25, 0.3) is 21.5 Å². The molecule has 1 aliphatic rings. The van der Waals surface area contributed by atoms with Gasteiger partial charge in [0.15, 0.2) is 0 Å². The van der Waals surface area contributed by atoms with Gasteiger partial charge in [-0.25, -0.2) is 11.6 Å². The molecule has 1 aliphatic carbocycles. The Morgan fingerprint density at radius 3 is 1.91 bits per heavy atom. The van der Waals surface area contributed by atoms with Gasteiger partial charge in [-0.05, 0) is 6.07 Å². The molecule has 0 unspecified atom stereocenters. The van der Waals surface area contributed by atoms with Crippen molar-refractivity contribution < 1.29 is 29.0 Å². The van der Waals surface area contributed by atoms with E-state index in [2.05, 4.69) is 122 Å². The van der Waals surface area contributed by atoms with Gasteiger partial charge in [-0.3, -0.25) is 6.08 Å². The van der Waals surface area contributed by atoms with Gasteiger partial charge in [0, 0.05) is 0 Å². The van der Waals surface area contributed by atoms with Crippen molar-refractivity contribution in [1.82, 2.24) is 0 Å². The zero-order chi connectivity index (χ0) is 24.5. The molecule has 1 nitrogen and oxygen atoms in total. The number of hydrogen-bond donors (Lipinski definition) is 0. The van der Waals surface area contributed by atoms with E-state index in [4.69, 9.17) is 4.74 Å². The molecule has 0 N–H and O–H groups in total. The Labute approximate surface area is 223 Å². The van der Waals surface area contributed by atoms with E-state index in [1.807, 2.05) is 12.1 Å². The summed E-state index contributed by atoms with van der Waals surface area (Å²) in [6.45, 7) is 2.08. The van der Waals surface area contributed by atoms with Crippen LogP contribution in [0, 0.1) is 6.08 Å². The average Bonchev–Trinajstić information content (AvgIpc) is 3.56. The van der Waals surface area contributed by atoms with Crippen LogP contribution >= 0.6 is 0 Å². The minimum atomic E-state index is 0.915. The summed E-state index contributed by atoms with van der Waals surface area (Å²) >= 11 is 1.46. The third kappa shape index (κ3) is 6.68. The Bertz CT molecular complexity index is 1410. The number of hydrogen-bond acceptors (Lipinski definition) is 1. The van der Waals surface area contributed by atoms with Crippen LogP contribution < -0.4 is 4.74 Å². The van der Waals surface area contributed by atoms with Crippen molar-refractivity contribution in [3.63, 3.8) is 0 Å². The summed E-state index contributed by atoms with van der Waals surface area (Å²) in [5, 5.41) is 5.15. The normalized spacial score (nSPS) is 11.8. The summed E-state index contributed by atoms with van der Waals surface area (Å²) in [5.74, 6) is 0.915. The molecule has 5 aromatic carbocycles. The van der Waals surface area contributed by atoms with Gasteiger partial charge in [0.2, 0.25) is 0 Å². The zero-order valence-electron chi connectivity index (χ0n) is 20.2. The van der Waals surface area contributed by atoms with E-state index < -0.39 is 0 Å². The van der Waals surface area contributed by atoms with E-state index in [1.54, 1.807) is 7.11 Å². The number of allylic oxidation sites excluding steroid dienone is 4. The SMILES string of the molecule is CC1=CC[C-]=C1.COc1ccc2c(c1)[cH-]c1ccccc12.[Zr+2]=[C](c1ccccc1)c1ccccc1. The molecule has 5 aromatic rings. The summed E-state index contributed by atoms with van der Waals surface area (Å²) in [5.41, 5.74) is 4.00. The van der Waals surface area contributed by atoms with Gasteiger partial charge in [-0.1, -0.05) is 30.3 Å². The zero-order valence-corrected chi connectivity index (χ0v) is 22.6. The van der Waals surface area contributed by atoms with E-state index in [0.717, 1.165) is 12.2 Å². The molecule has 0 aromatic heterocycles. The quantitative estimate of drug-likeness (QED) is 0.213. The van der Waals surface area contributed by atoms with Gasteiger partial charge < -0.3 is 4.74 Å². The van der Waals surface area contributed by atoms with Crippen LogP contribution in [0.2, 0.25) is 0 Å². The Morgan fingerprint density at radius 1 is 0.771 bits per heavy atom. The first kappa shape index (κ1) is 24.9. The number of benzene rings is 4. The summed E-state index contributed by atoms with van der Waals surface area (Å²) in [4.78, 5) is 0. The maximum absolute atomic E-state index is 5.22. The summed E-state index contributed by atoms with van der Waals surface area (Å²) in [6, 6.07) is 38.0. The maximum atomic E-state index is 5.22. The van der Waals surface area contributed by atoms with Crippen molar-refractivity contribution in [2.45, 2.75) is 13.3 Å². The average molecular weight is 532 g/mol. The number of methoxy groups -OCH3 is 1. The molecule has 0 saturated heterocycles. The molecule has 0 atom stereocenters. The fraction of sp³-hybridized carbons (Fsp3) is 0.0909. The molecule has 35 heavy (non-hydrogen) atoms. The molecule has 170 valence electrons. The predicted octanol–water partition coefficient (Wildman–Crippen LogP) is 8.22. The molecule has 0 saturated carbocycles. The molecule has 0 fully saturated rings. The van der Waals surface area contributed by atoms with Crippen molar-refractivity contribution in [3.8, 4) is 5.75 Å². The van der Waals surface area contributed by atoms with Crippen molar-refractivity contribution in [2.75, 3.05) is 7.11 Å². The fourth-order valence-corrected chi connectivity index (χ4v) is 4.76. The monoisotopic (exact) mass is 530 g/mol. The molecule has 0 aliphatic heterocycles. The van der Waals surface area contributed by atoms with E-state index in [0.29, 0.717) is 0 Å². The van der Waals surface area contributed by atoms with Crippen LogP contribution in [0.1, 0.15) is 24.5 Å². The van der Waals surface area contributed by atoms with Crippen molar-refractivity contribution >= 4 is 24.8 Å². The summed E-state index contributed by atoms with van der Waals surface area (Å²) < 4.78 is 6.63. The predicted molar refractivity (Wildman–Crippen MR) is 146 cm³/mol. The Kier molecular flexibility index (Phi) is 8.87. The molecule has 0 radical (unpaired) electrons. The van der Waals surface area contributed by atoms with Gasteiger partial charge in [0.05, 0.1) is 12.9 Å². The second kappa shape index (κ2) is 12.5. The molecular formula is C33H28OZr. The van der Waals surface area contributed by atoms with Crippen LogP contribution in [-0.4, -0.2) is 10.3 Å². The van der Waals surface area contributed by atoms with Crippen molar-refractivity contribution in [1.29, 1.82) is 0 Å². The number of ether oxygens (including phenoxy) is 1. The second-order valence-electron chi connectivity index (χ2n) is 8.29. The second-order valence-corrected chi connectivity index (χ2v) is 9.52. The van der Waals surface area contributed by atoms with Crippen LogP contribution in [0.5, 0.6) is 5.75 Å². The molecular weight excluding hydrogens is 504 g/mol. The van der Waals surface area contributed by atoms with E-state index in [1.165, 1.54) is 65.7 Å². The topological polar surface area (TPSA) is 9.23 Å². The van der Waals surface area contributed by atoms with E-state index >= 15 is 0 Å². The van der Waals surface area contributed by atoms with Gasteiger partial charge in [0.25, 0.3) is 0 Å². The van der Waals surface area contributed by atoms with Crippen LogP contribution in [0.3, 0.4) is 0 Å². The number of rotatable bonds is 3. The summed E-state index contributed by atoms with van der Waals surface area (Å²) in [7, 11) is 1.70. The van der Waals surface area contributed by atoms with Crippen LogP contribution in [-0.2, 0) is 24.2 Å². The first-order valence-corrected chi connectivity index (χ1v) is 12.9.